The van der Waals surface area contributed by atoms with Gasteiger partial charge in [-0.05, 0) is 17.7 Å². The zero-order valence-electron chi connectivity index (χ0n) is 11.2. The summed E-state index contributed by atoms with van der Waals surface area (Å²) in [6.07, 6.45) is 4.13. The van der Waals surface area contributed by atoms with E-state index in [2.05, 4.69) is 15.1 Å². The normalized spacial score (nSPS) is 11.0. The SMILES string of the molecule is NCCn1cnc(-c2nc(Cc3ccc(Cl)cc3)no2)c1. The summed E-state index contributed by atoms with van der Waals surface area (Å²) in [4.78, 5) is 8.58. The molecule has 0 radical (unpaired) electrons. The van der Waals surface area contributed by atoms with Crippen molar-refractivity contribution < 1.29 is 4.52 Å². The molecule has 0 atom stereocenters. The molecule has 0 amide bonds. The number of nitrogens with two attached hydrogens (primary N) is 1. The molecule has 0 spiro atoms. The Kier molecular flexibility index (Phi) is 3.98. The average Bonchev–Trinajstić information content (AvgIpc) is 3.11. The Balaban J connectivity index is 1.74. The minimum Gasteiger partial charge on any atom is -0.335 e. The molecule has 21 heavy (non-hydrogen) atoms. The van der Waals surface area contributed by atoms with Crippen LogP contribution in [0, 0.1) is 0 Å². The van der Waals surface area contributed by atoms with E-state index in [9.17, 15) is 0 Å². The first-order chi connectivity index (χ1) is 10.2. The van der Waals surface area contributed by atoms with Gasteiger partial charge in [0.2, 0.25) is 0 Å². The Labute approximate surface area is 126 Å². The van der Waals surface area contributed by atoms with Crippen LogP contribution < -0.4 is 5.73 Å². The van der Waals surface area contributed by atoms with Gasteiger partial charge in [0.15, 0.2) is 5.82 Å². The highest BCUT2D eigenvalue weighted by Crippen LogP contribution is 2.17. The molecule has 0 bridgehead atoms. The van der Waals surface area contributed by atoms with Crippen LogP contribution in [0.2, 0.25) is 5.02 Å². The van der Waals surface area contributed by atoms with Crippen molar-refractivity contribution in [2.24, 2.45) is 5.73 Å². The second kappa shape index (κ2) is 6.07. The molecule has 0 aliphatic rings. The Morgan fingerprint density at radius 3 is 2.81 bits per heavy atom. The van der Waals surface area contributed by atoms with E-state index in [1.54, 1.807) is 6.33 Å². The molecule has 0 saturated carbocycles. The third-order valence-electron chi connectivity index (χ3n) is 2.98. The molecule has 0 unspecified atom stereocenters. The fourth-order valence-corrected chi connectivity index (χ4v) is 2.08. The Morgan fingerprint density at radius 1 is 1.24 bits per heavy atom. The monoisotopic (exact) mass is 303 g/mol. The third kappa shape index (κ3) is 3.29. The molecule has 6 nitrogen and oxygen atoms in total. The van der Waals surface area contributed by atoms with Gasteiger partial charge in [-0.1, -0.05) is 28.9 Å². The van der Waals surface area contributed by atoms with Gasteiger partial charge in [0, 0.05) is 30.7 Å². The lowest BCUT2D eigenvalue weighted by atomic mass is 10.1. The maximum atomic E-state index is 5.86. The van der Waals surface area contributed by atoms with Crippen LogP contribution in [0.15, 0.2) is 41.3 Å². The maximum absolute atomic E-state index is 5.86. The van der Waals surface area contributed by atoms with E-state index in [-0.39, 0.29) is 0 Å². The zero-order valence-corrected chi connectivity index (χ0v) is 12.0. The van der Waals surface area contributed by atoms with Crippen molar-refractivity contribution in [3.05, 3.63) is 53.2 Å². The predicted molar refractivity (Wildman–Crippen MR) is 78.8 cm³/mol. The Hall–Kier alpha value is -2.18. The zero-order chi connectivity index (χ0) is 14.7. The van der Waals surface area contributed by atoms with Crippen molar-refractivity contribution in [1.29, 1.82) is 0 Å². The van der Waals surface area contributed by atoms with E-state index in [1.165, 1.54) is 0 Å². The minimum absolute atomic E-state index is 0.412. The molecule has 0 aliphatic carbocycles. The summed E-state index contributed by atoms with van der Waals surface area (Å²) >= 11 is 5.86. The van der Waals surface area contributed by atoms with E-state index < -0.39 is 0 Å². The van der Waals surface area contributed by atoms with E-state index >= 15 is 0 Å². The van der Waals surface area contributed by atoms with Gasteiger partial charge in [-0.25, -0.2) is 4.98 Å². The van der Waals surface area contributed by atoms with Crippen LogP contribution in [-0.4, -0.2) is 26.2 Å². The number of halogens is 1. The van der Waals surface area contributed by atoms with Crippen molar-refractivity contribution in [2.75, 3.05) is 6.54 Å². The highest BCUT2D eigenvalue weighted by atomic mass is 35.5. The molecule has 2 aromatic heterocycles. The maximum Gasteiger partial charge on any atom is 0.278 e. The van der Waals surface area contributed by atoms with Gasteiger partial charge in [-0.15, -0.1) is 0 Å². The number of hydrogen-bond acceptors (Lipinski definition) is 5. The fourth-order valence-electron chi connectivity index (χ4n) is 1.96. The van der Waals surface area contributed by atoms with E-state index in [0.717, 1.165) is 5.56 Å². The molecular formula is C14H14ClN5O. The van der Waals surface area contributed by atoms with Crippen LogP contribution in [0.25, 0.3) is 11.6 Å². The van der Waals surface area contributed by atoms with Gasteiger partial charge in [0.1, 0.15) is 5.69 Å². The molecule has 2 N–H and O–H groups in total. The van der Waals surface area contributed by atoms with E-state index in [4.69, 9.17) is 21.9 Å². The van der Waals surface area contributed by atoms with Crippen LogP contribution in [0.4, 0.5) is 0 Å². The summed E-state index contributed by atoms with van der Waals surface area (Å²) in [5.74, 6) is 1.02. The smallest absolute Gasteiger partial charge is 0.278 e. The predicted octanol–water partition coefficient (Wildman–Crippen LogP) is 2.14. The molecule has 0 aliphatic heterocycles. The van der Waals surface area contributed by atoms with Crippen molar-refractivity contribution >= 4 is 11.6 Å². The molecular weight excluding hydrogens is 290 g/mol. The summed E-state index contributed by atoms with van der Waals surface area (Å²) in [6, 6.07) is 7.56. The molecule has 0 fully saturated rings. The molecule has 7 heteroatoms. The summed E-state index contributed by atoms with van der Waals surface area (Å²) in [6.45, 7) is 1.26. The number of aromatic nitrogens is 4. The summed E-state index contributed by atoms with van der Waals surface area (Å²) in [5, 5.41) is 4.68. The van der Waals surface area contributed by atoms with Gasteiger partial charge in [-0.3, -0.25) is 0 Å². The Morgan fingerprint density at radius 2 is 2.05 bits per heavy atom. The van der Waals surface area contributed by atoms with Gasteiger partial charge in [-0.2, -0.15) is 4.98 Å². The van der Waals surface area contributed by atoms with Crippen molar-refractivity contribution in [2.45, 2.75) is 13.0 Å². The van der Waals surface area contributed by atoms with Gasteiger partial charge in [0.05, 0.1) is 6.33 Å². The number of hydrogen-bond donors (Lipinski definition) is 1. The number of benzene rings is 1. The van der Waals surface area contributed by atoms with Crippen LogP contribution >= 0.6 is 11.6 Å². The van der Waals surface area contributed by atoms with E-state index in [1.807, 2.05) is 35.0 Å². The molecule has 3 aromatic rings. The largest absolute Gasteiger partial charge is 0.335 e. The summed E-state index contributed by atoms with van der Waals surface area (Å²) in [5.41, 5.74) is 7.22. The van der Waals surface area contributed by atoms with Crippen LogP contribution in [0.3, 0.4) is 0 Å². The van der Waals surface area contributed by atoms with Crippen molar-refractivity contribution in [3.63, 3.8) is 0 Å². The first kappa shape index (κ1) is 13.8. The first-order valence-electron chi connectivity index (χ1n) is 6.54. The minimum atomic E-state index is 0.412. The lowest BCUT2D eigenvalue weighted by Crippen LogP contribution is -2.07. The number of rotatable bonds is 5. The van der Waals surface area contributed by atoms with Crippen LogP contribution in [0.5, 0.6) is 0 Å². The molecule has 2 heterocycles. The van der Waals surface area contributed by atoms with Gasteiger partial charge < -0.3 is 14.8 Å². The molecule has 108 valence electrons. The summed E-state index contributed by atoms with van der Waals surface area (Å²) < 4.78 is 7.13. The first-order valence-corrected chi connectivity index (χ1v) is 6.91. The third-order valence-corrected chi connectivity index (χ3v) is 3.24. The second-order valence-corrected chi connectivity index (χ2v) is 5.04. The number of imidazole rings is 1. The lowest BCUT2D eigenvalue weighted by Gasteiger charge is -1.96. The summed E-state index contributed by atoms with van der Waals surface area (Å²) in [7, 11) is 0. The van der Waals surface area contributed by atoms with E-state index in [0.29, 0.717) is 41.9 Å². The second-order valence-electron chi connectivity index (χ2n) is 4.60. The van der Waals surface area contributed by atoms with Gasteiger partial charge >= 0.3 is 0 Å². The van der Waals surface area contributed by atoms with Crippen molar-refractivity contribution in [1.82, 2.24) is 19.7 Å². The molecule has 3 rings (SSSR count). The Bertz CT molecular complexity index is 719. The fraction of sp³-hybridized carbons (Fsp3) is 0.214. The van der Waals surface area contributed by atoms with Crippen molar-refractivity contribution in [3.8, 4) is 11.6 Å². The van der Waals surface area contributed by atoms with Crippen LogP contribution in [0.1, 0.15) is 11.4 Å². The topological polar surface area (TPSA) is 82.8 Å². The number of nitrogens with zero attached hydrogens (tertiary/aromatic N) is 4. The average molecular weight is 304 g/mol. The standard InChI is InChI=1S/C14H14ClN5O/c15-11-3-1-10(2-4-11)7-13-18-14(21-19-13)12-8-20(6-5-16)9-17-12/h1-4,8-9H,5-7,16H2. The van der Waals surface area contributed by atoms with Gasteiger partial charge in [0.25, 0.3) is 5.89 Å². The lowest BCUT2D eigenvalue weighted by molar-refractivity contribution is 0.423. The highest BCUT2D eigenvalue weighted by Gasteiger charge is 2.12. The quantitative estimate of drug-likeness (QED) is 0.780. The molecule has 1 aromatic carbocycles. The van der Waals surface area contributed by atoms with Crippen LogP contribution in [-0.2, 0) is 13.0 Å². The molecule has 0 saturated heterocycles. The highest BCUT2D eigenvalue weighted by molar-refractivity contribution is 6.30.